The van der Waals surface area contributed by atoms with Gasteiger partial charge < -0.3 is 5.11 Å². The molecule has 0 rings (SSSR count). The van der Waals surface area contributed by atoms with Crippen LogP contribution in [-0.4, -0.2) is 11.1 Å². The summed E-state index contributed by atoms with van der Waals surface area (Å²) in [4.78, 5) is 10.5. The molecule has 0 fully saturated rings. The van der Waals surface area contributed by atoms with Crippen LogP contribution >= 0.6 is 0 Å². The van der Waals surface area contributed by atoms with Crippen molar-refractivity contribution in [3.05, 3.63) is 12.2 Å². The smallest absolute Gasteiger partial charge is 0.306 e. The zero-order valence-corrected chi connectivity index (χ0v) is 7.21. The van der Waals surface area contributed by atoms with E-state index in [1.165, 1.54) is 0 Å². The molecule has 2 heteroatoms. The minimum absolute atomic E-state index is 0.161. The number of carboxylic acid groups (broad SMARTS) is 1. The van der Waals surface area contributed by atoms with Gasteiger partial charge in [-0.25, -0.2) is 0 Å². The fourth-order valence-electron chi connectivity index (χ4n) is 0.966. The van der Waals surface area contributed by atoms with E-state index in [1.807, 2.05) is 26.0 Å². The van der Waals surface area contributed by atoms with Crippen molar-refractivity contribution >= 4 is 5.97 Å². The number of hydrogen-bond donors (Lipinski definition) is 1. The topological polar surface area (TPSA) is 37.3 Å². The lowest BCUT2D eigenvalue weighted by Gasteiger charge is -2.06. The highest BCUT2D eigenvalue weighted by Gasteiger charge is 2.12. The van der Waals surface area contributed by atoms with Crippen LogP contribution in [0.2, 0.25) is 0 Å². The largest absolute Gasteiger partial charge is 0.481 e. The van der Waals surface area contributed by atoms with Gasteiger partial charge in [-0.05, 0) is 26.2 Å². The lowest BCUT2D eigenvalue weighted by Crippen LogP contribution is -2.11. The number of hydrogen-bond acceptors (Lipinski definition) is 1. The van der Waals surface area contributed by atoms with Crippen molar-refractivity contribution in [2.75, 3.05) is 0 Å². The van der Waals surface area contributed by atoms with Gasteiger partial charge in [0.2, 0.25) is 0 Å². The molecule has 2 nitrogen and oxygen atoms in total. The minimum Gasteiger partial charge on any atom is -0.481 e. The third-order valence-electron chi connectivity index (χ3n) is 1.76. The molecule has 1 N–H and O–H groups in total. The molecule has 0 unspecified atom stereocenters. The second-order valence-electron chi connectivity index (χ2n) is 2.59. The third-order valence-corrected chi connectivity index (χ3v) is 1.76. The standard InChI is InChI=1S/C9H16O2/c1-3-5-6-7-8(4-2)9(10)11/h3,5,8H,4,6-7H2,1-2H3,(H,10,11)/b5-3-/t8-/m1/s1. The molecule has 0 aromatic rings. The monoisotopic (exact) mass is 156 g/mol. The molecule has 64 valence electrons. The van der Waals surface area contributed by atoms with Crippen molar-refractivity contribution in [1.29, 1.82) is 0 Å². The zero-order chi connectivity index (χ0) is 8.69. The van der Waals surface area contributed by atoms with Gasteiger partial charge in [0.25, 0.3) is 0 Å². The Kier molecular flexibility index (Phi) is 5.53. The van der Waals surface area contributed by atoms with E-state index in [0.717, 1.165) is 19.3 Å². The van der Waals surface area contributed by atoms with Crippen LogP contribution in [0.15, 0.2) is 12.2 Å². The molecule has 1 atom stereocenters. The molecule has 0 bridgehead atoms. The molecule has 0 aliphatic rings. The fraction of sp³-hybridized carbons (Fsp3) is 0.667. The number of aliphatic carboxylic acids is 1. The van der Waals surface area contributed by atoms with Crippen LogP contribution in [-0.2, 0) is 4.79 Å². The van der Waals surface area contributed by atoms with E-state index in [0.29, 0.717) is 0 Å². The average Bonchev–Trinajstić information content (AvgIpc) is 1.97. The molecule has 0 saturated carbocycles. The second-order valence-corrected chi connectivity index (χ2v) is 2.59. The molecule has 0 heterocycles. The number of carboxylic acids is 1. The SMILES string of the molecule is C/C=C\CC[C@@H](CC)C(=O)O. The quantitative estimate of drug-likeness (QED) is 0.621. The zero-order valence-electron chi connectivity index (χ0n) is 7.21. The highest BCUT2D eigenvalue weighted by molar-refractivity contribution is 5.69. The Labute approximate surface area is 67.9 Å². The summed E-state index contributed by atoms with van der Waals surface area (Å²) >= 11 is 0. The molecule has 11 heavy (non-hydrogen) atoms. The van der Waals surface area contributed by atoms with Crippen molar-refractivity contribution in [1.82, 2.24) is 0 Å². The Morgan fingerprint density at radius 1 is 1.64 bits per heavy atom. The number of carbonyl (C=O) groups is 1. The maximum Gasteiger partial charge on any atom is 0.306 e. The van der Waals surface area contributed by atoms with Gasteiger partial charge in [0, 0.05) is 0 Å². The first kappa shape index (κ1) is 10.2. The average molecular weight is 156 g/mol. The Hall–Kier alpha value is -0.790. The third kappa shape index (κ3) is 4.59. The van der Waals surface area contributed by atoms with E-state index in [4.69, 9.17) is 5.11 Å². The summed E-state index contributed by atoms with van der Waals surface area (Å²) in [6.45, 7) is 3.86. The van der Waals surface area contributed by atoms with Gasteiger partial charge in [0.15, 0.2) is 0 Å². The number of allylic oxidation sites excluding steroid dienone is 2. The molecular weight excluding hydrogens is 140 g/mol. The van der Waals surface area contributed by atoms with Crippen LogP contribution in [0.1, 0.15) is 33.1 Å². The first-order chi connectivity index (χ1) is 5.22. The van der Waals surface area contributed by atoms with Gasteiger partial charge in [-0.1, -0.05) is 19.1 Å². The van der Waals surface area contributed by atoms with E-state index < -0.39 is 5.97 Å². The van der Waals surface area contributed by atoms with Crippen molar-refractivity contribution in [2.24, 2.45) is 5.92 Å². The molecule has 0 aliphatic heterocycles. The van der Waals surface area contributed by atoms with Crippen molar-refractivity contribution in [2.45, 2.75) is 33.1 Å². The van der Waals surface area contributed by atoms with Crippen LogP contribution in [0.5, 0.6) is 0 Å². The molecule has 0 radical (unpaired) electrons. The predicted molar refractivity (Wildman–Crippen MR) is 45.5 cm³/mol. The maximum atomic E-state index is 10.5. The van der Waals surface area contributed by atoms with Gasteiger partial charge in [-0.15, -0.1) is 0 Å². The van der Waals surface area contributed by atoms with E-state index in [9.17, 15) is 4.79 Å². The first-order valence-corrected chi connectivity index (χ1v) is 4.06. The van der Waals surface area contributed by atoms with Crippen LogP contribution in [0.3, 0.4) is 0 Å². The highest BCUT2D eigenvalue weighted by atomic mass is 16.4. The Morgan fingerprint density at radius 3 is 2.64 bits per heavy atom. The van der Waals surface area contributed by atoms with E-state index in [2.05, 4.69) is 0 Å². The predicted octanol–water partition coefficient (Wildman–Crippen LogP) is 2.45. The summed E-state index contributed by atoms with van der Waals surface area (Å²) in [5, 5.41) is 8.65. The summed E-state index contributed by atoms with van der Waals surface area (Å²) in [6, 6.07) is 0. The molecule has 0 spiro atoms. The molecule has 0 aliphatic carbocycles. The van der Waals surface area contributed by atoms with E-state index in [-0.39, 0.29) is 5.92 Å². The lowest BCUT2D eigenvalue weighted by atomic mass is 10.0. The molecular formula is C9H16O2. The highest BCUT2D eigenvalue weighted by Crippen LogP contribution is 2.10. The first-order valence-electron chi connectivity index (χ1n) is 4.06. The summed E-state index contributed by atoms with van der Waals surface area (Å²) in [5.74, 6) is -0.830. The summed E-state index contributed by atoms with van der Waals surface area (Å²) in [6.07, 6.45) is 6.32. The second kappa shape index (κ2) is 5.96. The lowest BCUT2D eigenvalue weighted by molar-refractivity contribution is -0.142. The van der Waals surface area contributed by atoms with Crippen LogP contribution < -0.4 is 0 Å². The van der Waals surface area contributed by atoms with Crippen LogP contribution in [0, 0.1) is 5.92 Å². The van der Waals surface area contributed by atoms with Gasteiger partial charge in [0.05, 0.1) is 5.92 Å². The van der Waals surface area contributed by atoms with Crippen molar-refractivity contribution in [3.63, 3.8) is 0 Å². The maximum absolute atomic E-state index is 10.5. The van der Waals surface area contributed by atoms with Gasteiger partial charge >= 0.3 is 5.97 Å². The van der Waals surface area contributed by atoms with Crippen LogP contribution in [0.4, 0.5) is 0 Å². The van der Waals surface area contributed by atoms with Crippen molar-refractivity contribution in [3.8, 4) is 0 Å². The molecule has 0 saturated heterocycles. The van der Waals surface area contributed by atoms with E-state index in [1.54, 1.807) is 0 Å². The summed E-state index contributed by atoms with van der Waals surface area (Å²) < 4.78 is 0. The molecule has 0 aromatic heterocycles. The van der Waals surface area contributed by atoms with Gasteiger partial charge in [0.1, 0.15) is 0 Å². The fourth-order valence-corrected chi connectivity index (χ4v) is 0.966. The van der Waals surface area contributed by atoms with Crippen molar-refractivity contribution < 1.29 is 9.90 Å². The Morgan fingerprint density at radius 2 is 2.27 bits per heavy atom. The summed E-state index contributed by atoms with van der Waals surface area (Å²) in [5.41, 5.74) is 0. The van der Waals surface area contributed by atoms with Gasteiger partial charge in [-0.3, -0.25) is 4.79 Å². The Bertz CT molecular complexity index is 138. The number of rotatable bonds is 5. The van der Waals surface area contributed by atoms with Gasteiger partial charge in [-0.2, -0.15) is 0 Å². The molecule has 0 amide bonds. The minimum atomic E-state index is -0.669. The normalized spacial score (nSPS) is 13.6. The Balaban J connectivity index is 3.61. The van der Waals surface area contributed by atoms with Crippen LogP contribution in [0.25, 0.3) is 0 Å². The van der Waals surface area contributed by atoms with E-state index >= 15 is 0 Å². The molecule has 0 aromatic carbocycles. The summed E-state index contributed by atoms with van der Waals surface area (Å²) in [7, 11) is 0.